The summed E-state index contributed by atoms with van der Waals surface area (Å²) in [7, 11) is 1.16. The summed E-state index contributed by atoms with van der Waals surface area (Å²) in [4.78, 5) is 0. The molecular formula is C13H29NOSi. The van der Waals surface area contributed by atoms with Gasteiger partial charge in [0.05, 0.1) is 14.1 Å². The van der Waals surface area contributed by atoms with Crippen molar-refractivity contribution in [1.29, 1.82) is 0 Å². The third-order valence-electron chi connectivity index (χ3n) is 4.08. The zero-order valence-electron chi connectivity index (χ0n) is 11.3. The van der Waals surface area contributed by atoms with Gasteiger partial charge in [-0.2, -0.15) is 0 Å². The molecule has 1 heterocycles. The topological polar surface area (TPSA) is 21.3 Å². The molecule has 1 aliphatic heterocycles. The van der Waals surface area contributed by atoms with Crippen LogP contribution in [0.3, 0.4) is 0 Å². The molecule has 2 nitrogen and oxygen atoms in total. The molecular weight excluding hydrogens is 214 g/mol. The van der Waals surface area contributed by atoms with Crippen LogP contribution in [0.25, 0.3) is 0 Å². The average molecular weight is 243 g/mol. The fraction of sp³-hybridized carbons (Fsp3) is 1.00. The standard InChI is InChI=1S/C13H29NOSi/c1-4-5-6-7-8-9-11-16-12-10-14-13(16,2)15-3/h14,16H,4-12H2,1-3H3. The van der Waals surface area contributed by atoms with Gasteiger partial charge in [0.1, 0.15) is 0 Å². The molecule has 0 bridgehead atoms. The number of hydrogen-bond acceptors (Lipinski definition) is 2. The Labute approximate surface area is 103 Å². The van der Waals surface area contributed by atoms with Crippen molar-refractivity contribution in [3.05, 3.63) is 0 Å². The van der Waals surface area contributed by atoms with Gasteiger partial charge in [0.25, 0.3) is 0 Å². The van der Waals surface area contributed by atoms with Crippen LogP contribution in [-0.2, 0) is 4.74 Å². The van der Waals surface area contributed by atoms with E-state index in [4.69, 9.17) is 4.74 Å². The Hall–Kier alpha value is 0.137. The van der Waals surface area contributed by atoms with Crippen molar-refractivity contribution in [3.8, 4) is 0 Å². The van der Waals surface area contributed by atoms with E-state index in [0.717, 1.165) is 0 Å². The molecule has 1 fully saturated rings. The number of hydrogen-bond donors (Lipinski definition) is 1. The van der Waals surface area contributed by atoms with Crippen molar-refractivity contribution < 1.29 is 4.74 Å². The van der Waals surface area contributed by atoms with Crippen LogP contribution in [0.1, 0.15) is 52.4 Å². The maximum absolute atomic E-state index is 5.66. The molecule has 96 valence electrons. The second-order valence-electron chi connectivity index (χ2n) is 5.28. The molecule has 2 atom stereocenters. The van der Waals surface area contributed by atoms with Crippen LogP contribution in [0.4, 0.5) is 0 Å². The largest absolute Gasteiger partial charge is 0.368 e. The lowest BCUT2D eigenvalue weighted by Gasteiger charge is -2.29. The van der Waals surface area contributed by atoms with Gasteiger partial charge in [0, 0.05) is 7.11 Å². The lowest BCUT2D eigenvalue weighted by Crippen LogP contribution is -2.49. The fourth-order valence-electron chi connectivity index (χ4n) is 2.74. The minimum Gasteiger partial charge on any atom is -0.368 e. The van der Waals surface area contributed by atoms with Crippen LogP contribution in [0.15, 0.2) is 0 Å². The number of nitrogens with one attached hydrogen (secondary N) is 1. The van der Waals surface area contributed by atoms with Crippen LogP contribution in [0, 0.1) is 0 Å². The van der Waals surface area contributed by atoms with Gasteiger partial charge >= 0.3 is 0 Å². The van der Waals surface area contributed by atoms with E-state index in [1.165, 1.54) is 57.2 Å². The molecule has 0 saturated carbocycles. The maximum atomic E-state index is 5.66. The highest BCUT2D eigenvalue weighted by Crippen LogP contribution is 2.24. The molecule has 0 aliphatic carbocycles. The van der Waals surface area contributed by atoms with Crippen molar-refractivity contribution in [2.75, 3.05) is 13.7 Å². The Balaban J connectivity index is 2.08. The summed E-state index contributed by atoms with van der Waals surface area (Å²) in [5.41, 5.74) is 0. The quantitative estimate of drug-likeness (QED) is 0.522. The zero-order chi connectivity index (χ0) is 11.9. The summed E-state index contributed by atoms with van der Waals surface area (Å²) in [5, 5.41) is 3.62. The third kappa shape index (κ3) is 4.19. The molecule has 0 amide bonds. The third-order valence-corrected chi connectivity index (χ3v) is 8.17. The second-order valence-corrected chi connectivity index (χ2v) is 8.93. The molecule has 0 radical (unpaired) electrons. The van der Waals surface area contributed by atoms with E-state index in [2.05, 4.69) is 19.2 Å². The van der Waals surface area contributed by atoms with Gasteiger partial charge in [-0.15, -0.1) is 0 Å². The highest BCUT2D eigenvalue weighted by Gasteiger charge is 2.38. The Bertz CT molecular complexity index is 189. The van der Waals surface area contributed by atoms with Crippen molar-refractivity contribution >= 4 is 8.80 Å². The van der Waals surface area contributed by atoms with E-state index < -0.39 is 8.80 Å². The maximum Gasteiger partial charge on any atom is 0.0985 e. The molecule has 0 aromatic carbocycles. The SMILES string of the molecule is CCCCCCCC[SiH]1CCNC1(C)OC. The van der Waals surface area contributed by atoms with Crippen LogP contribution >= 0.6 is 0 Å². The van der Waals surface area contributed by atoms with Crippen LogP contribution in [-0.4, -0.2) is 27.8 Å². The van der Waals surface area contributed by atoms with Crippen LogP contribution < -0.4 is 5.32 Å². The first-order chi connectivity index (χ1) is 7.73. The van der Waals surface area contributed by atoms with Gasteiger partial charge < -0.3 is 4.74 Å². The molecule has 1 saturated heterocycles. The van der Waals surface area contributed by atoms with Crippen molar-refractivity contribution in [3.63, 3.8) is 0 Å². The van der Waals surface area contributed by atoms with E-state index in [0.29, 0.717) is 0 Å². The predicted octanol–water partition coefficient (Wildman–Crippen LogP) is 3.08. The van der Waals surface area contributed by atoms with Gasteiger partial charge in [-0.1, -0.05) is 51.5 Å². The lowest BCUT2D eigenvalue weighted by molar-refractivity contribution is 0.0528. The monoisotopic (exact) mass is 243 g/mol. The Kier molecular flexibility index (Phi) is 6.62. The first kappa shape index (κ1) is 14.2. The Morgan fingerprint density at radius 1 is 1.19 bits per heavy atom. The fourth-order valence-corrected chi connectivity index (χ4v) is 6.18. The van der Waals surface area contributed by atoms with Crippen LogP contribution in [0.2, 0.25) is 12.1 Å². The molecule has 2 unspecified atom stereocenters. The second kappa shape index (κ2) is 7.46. The highest BCUT2D eigenvalue weighted by atomic mass is 28.3. The van der Waals surface area contributed by atoms with E-state index in [-0.39, 0.29) is 5.35 Å². The lowest BCUT2D eigenvalue weighted by atomic mass is 10.1. The molecule has 0 aromatic heterocycles. The number of rotatable bonds is 8. The van der Waals surface area contributed by atoms with Gasteiger partial charge in [0.15, 0.2) is 0 Å². The molecule has 1 aliphatic rings. The molecule has 1 N–H and O–H groups in total. The number of ether oxygens (including phenoxy) is 1. The van der Waals surface area contributed by atoms with Gasteiger partial charge in [-0.25, -0.2) is 0 Å². The first-order valence-corrected chi connectivity index (χ1v) is 9.24. The summed E-state index contributed by atoms with van der Waals surface area (Å²) in [5.74, 6) is 0. The molecule has 0 spiro atoms. The van der Waals surface area contributed by atoms with E-state index in [9.17, 15) is 0 Å². The van der Waals surface area contributed by atoms with Gasteiger partial charge in [0.2, 0.25) is 0 Å². The predicted molar refractivity (Wildman–Crippen MR) is 73.6 cm³/mol. The summed E-state index contributed by atoms with van der Waals surface area (Å²) in [6, 6.07) is 2.88. The molecule has 16 heavy (non-hydrogen) atoms. The average Bonchev–Trinajstić information content (AvgIpc) is 2.66. The van der Waals surface area contributed by atoms with E-state index in [1.807, 2.05) is 7.11 Å². The summed E-state index contributed by atoms with van der Waals surface area (Å²) in [6.07, 6.45) is 8.50. The smallest absolute Gasteiger partial charge is 0.0985 e. The molecule has 1 rings (SSSR count). The normalized spacial score (nSPS) is 29.8. The Morgan fingerprint density at radius 3 is 2.56 bits per heavy atom. The van der Waals surface area contributed by atoms with E-state index in [1.54, 1.807) is 0 Å². The summed E-state index contributed by atoms with van der Waals surface area (Å²) >= 11 is 0. The Morgan fingerprint density at radius 2 is 1.88 bits per heavy atom. The minimum absolute atomic E-state index is 0.0867. The summed E-state index contributed by atoms with van der Waals surface area (Å²) < 4.78 is 5.66. The summed E-state index contributed by atoms with van der Waals surface area (Å²) in [6.45, 7) is 5.71. The van der Waals surface area contributed by atoms with Gasteiger partial charge in [-0.3, -0.25) is 5.32 Å². The van der Waals surface area contributed by atoms with Crippen molar-refractivity contribution in [2.45, 2.75) is 69.8 Å². The zero-order valence-corrected chi connectivity index (χ0v) is 12.5. The highest BCUT2D eigenvalue weighted by molar-refractivity contribution is 6.62. The molecule has 3 heteroatoms. The minimum atomic E-state index is -0.703. The van der Waals surface area contributed by atoms with Crippen LogP contribution in [0.5, 0.6) is 0 Å². The van der Waals surface area contributed by atoms with E-state index >= 15 is 0 Å². The van der Waals surface area contributed by atoms with Gasteiger partial charge in [-0.05, 0) is 19.5 Å². The molecule has 0 aromatic rings. The van der Waals surface area contributed by atoms with Crippen molar-refractivity contribution in [2.24, 2.45) is 0 Å². The number of methoxy groups -OCH3 is 1. The van der Waals surface area contributed by atoms with Crippen molar-refractivity contribution in [1.82, 2.24) is 5.32 Å². The number of unbranched alkanes of at least 4 members (excludes halogenated alkanes) is 5. The first-order valence-electron chi connectivity index (χ1n) is 7.03.